The van der Waals surface area contributed by atoms with Crippen molar-refractivity contribution in [2.75, 3.05) is 16.8 Å². The lowest BCUT2D eigenvalue weighted by Gasteiger charge is -2.28. The van der Waals surface area contributed by atoms with E-state index in [1.807, 2.05) is 55.8 Å². The molecule has 1 saturated heterocycles. The summed E-state index contributed by atoms with van der Waals surface area (Å²) >= 11 is 5.95. The van der Waals surface area contributed by atoms with Crippen molar-refractivity contribution in [3.05, 3.63) is 59.8 Å². The summed E-state index contributed by atoms with van der Waals surface area (Å²) in [5.74, 6) is 0.993. The molecule has 2 aromatic heterocycles. The normalized spacial score (nSPS) is 16.6. The van der Waals surface area contributed by atoms with Gasteiger partial charge in [-0.05, 0) is 51.1 Å². The fraction of sp³-hybridized carbons (Fsp3) is 0.300. The Labute approximate surface area is 173 Å². The number of aromatic nitrogens is 4. The van der Waals surface area contributed by atoms with Crippen molar-refractivity contribution >= 4 is 29.4 Å². The van der Waals surface area contributed by atoms with E-state index < -0.39 is 0 Å². The molecule has 1 aromatic carbocycles. The maximum Gasteiger partial charge on any atom is 0.323 e. The molecule has 1 aliphatic rings. The number of amides is 2. The second kappa shape index (κ2) is 7.36. The van der Waals surface area contributed by atoms with Crippen molar-refractivity contribution in [1.82, 2.24) is 24.8 Å². The molecule has 2 amide bonds. The summed E-state index contributed by atoms with van der Waals surface area (Å²) in [6.45, 7) is 6.53. The molecule has 1 atom stereocenters. The summed E-state index contributed by atoms with van der Waals surface area (Å²) < 4.78 is 1.93. The number of imidazole rings is 1. The number of rotatable bonds is 5. The van der Waals surface area contributed by atoms with E-state index in [-0.39, 0.29) is 17.6 Å². The Morgan fingerprint density at radius 2 is 1.97 bits per heavy atom. The van der Waals surface area contributed by atoms with Crippen LogP contribution in [0.15, 0.2) is 49.1 Å². The van der Waals surface area contributed by atoms with Gasteiger partial charge in [-0.15, -0.1) is 0 Å². The van der Waals surface area contributed by atoms with Crippen molar-refractivity contribution in [3.8, 4) is 5.69 Å². The number of carbonyl (C=O) groups is 1. The van der Waals surface area contributed by atoms with Crippen molar-refractivity contribution in [1.29, 1.82) is 0 Å². The summed E-state index contributed by atoms with van der Waals surface area (Å²) in [6.07, 6.45) is 5.35. The zero-order valence-electron chi connectivity index (χ0n) is 16.4. The maximum atomic E-state index is 12.2. The molecule has 1 fully saturated rings. The Kier molecular flexibility index (Phi) is 4.87. The molecule has 2 N–H and O–H groups in total. The zero-order valence-corrected chi connectivity index (χ0v) is 17.2. The predicted octanol–water partition coefficient (Wildman–Crippen LogP) is 3.80. The average Bonchev–Trinajstić information content (AvgIpc) is 3.27. The Bertz CT molecular complexity index is 1030. The summed E-state index contributed by atoms with van der Waals surface area (Å²) in [4.78, 5) is 27.2. The van der Waals surface area contributed by atoms with Gasteiger partial charge in [-0.2, -0.15) is 4.98 Å². The van der Waals surface area contributed by atoms with E-state index >= 15 is 0 Å². The van der Waals surface area contributed by atoms with Gasteiger partial charge in [-0.25, -0.2) is 14.8 Å². The van der Waals surface area contributed by atoms with Gasteiger partial charge in [0, 0.05) is 29.6 Å². The molecule has 4 rings (SSSR count). The van der Waals surface area contributed by atoms with Crippen LogP contribution >= 0.6 is 11.6 Å². The van der Waals surface area contributed by atoms with Crippen LogP contribution < -0.4 is 15.5 Å². The number of nitrogens with one attached hydrogen (secondary N) is 2. The Morgan fingerprint density at radius 1 is 1.21 bits per heavy atom. The van der Waals surface area contributed by atoms with Gasteiger partial charge in [0.15, 0.2) is 0 Å². The minimum absolute atomic E-state index is 0.126. The molecule has 8 nitrogen and oxygen atoms in total. The first kappa shape index (κ1) is 19.2. The van der Waals surface area contributed by atoms with Gasteiger partial charge < -0.3 is 15.2 Å². The fourth-order valence-electron chi connectivity index (χ4n) is 3.27. The Hall–Kier alpha value is -3.13. The number of carbonyl (C=O) groups excluding carboxylic acids is 1. The summed E-state index contributed by atoms with van der Waals surface area (Å²) in [6, 6.07) is 9.00. The lowest BCUT2D eigenvalue weighted by molar-refractivity contribution is 0.251. The third-order valence-corrected chi connectivity index (χ3v) is 5.12. The molecule has 3 aromatic rings. The molecular formula is C20H22ClN7O. The number of anilines is 2. The van der Waals surface area contributed by atoms with E-state index in [1.54, 1.807) is 23.5 Å². The molecule has 3 heterocycles. The Morgan fingerprint density at radius 3 is 2.66 bits per heavy atom. The van der Waals surface area contributed by atoms with Gasteiger partial charge in [-0.1, -0.05) is 11.6 Å². The van der Waals surface area contributed by atoms with Crippen LogP contribution in [0.4, 0.5) is 16.6 Å². The van der Waals surface area contributed by atoms with E-state index in [4.69, 9.17) is 11.6 Å². The van der Waals surface area contributed by atoms with Crippen LogP contribution in [0.5, 0.6) is 0 Å². The maximum absolute atomic E-state index is 12.2. The van der Waals surface area contributed by atoms with Crippen LogP contribution in [-0.4, -0.2) is 37.6 Å². The standard InChI is InChI=1S/C20H22ClN7O/c1-13(16-10-27(12-24-16)15-6-4-14(21)5-7-15)25-18-22-9-8-17(26-18)28-19(29)23-11-20(28,2)3/h4-10,12-13H,11H2,1-3H3,(H,23,29)(H,22,25,26)/t13-/m0/s1. The number of urea groups is 1. The second-order valence-electron chi connectivity index (χ2n) is 7.59. The van der Waals surface area contributed by atoms with Crippen LogP contribution in [0, 0.1) is 0 Å². The number of hydrogen-bond donors (Lipinski definition) is 2. The van der Waals surface area contributed by atoms with Gasteiger partial charge in [0.05, 0.1) is 23.6 Å². The van der Waals surface area contributed by atoms with Crippen LogP contribution in [0.25, 0.3) is 5.69 Å². The highest BCUT2D eigenvalue weighted by molar-refractivity contribution is 6.30. The van der Waals surface area contributed by atoms with E-state index in [0.717, 1.165) is 11.4 Å². The van der Waals surface area contributed by atoms with Crippen molar-refractivity contribution in [2.24, 2.45) is 0 Å². The highest BCUT2D eigenvalue weighted by Crippen LogP contribution is 2.27. The van der Waals surface area contributed by atoms with E-state index in [0.29, 0.717) is 23.3 Å². The molecule has 0 saturated carbocycles. The molecule has 0 radical (unpaired) electrons. The molecule has 0 bridgehead atoms. The van der Waals surface area contributed by atoms with Gasteiger partial charge >= 0.3 is 6.03 Å². The quantitative estimate of drug-likeness (QED) is 0.666. The molecule has 0 unspecified atom stereocenters. The monoisotopic (exact) mass is 411 g/mol. The molecule has 150 valence electrons. The topological polar surface area (TPSA) is 88.0 Å². The summed E-state index contributed by atoms with van der Waals surface area (Å²) in [5, 5.41) is 6.80. The van der Waals surface area contributed by atoms with Crippen LogP contribution in [-0.2, 0) is 0 Å². The highest BCUT2D eigenvalue weighted by Gasteiger charge is 2.39. The van der Waals surface area contributed by atoms with Gasteiger partial charge in [0.2, 0.25) is 5.95 Å². The summed E-state index contributed by atoms with van der Waals surface area (Å²) in [5.41, 5.74) is 1.46. The van der Waals surface area contributed by atoms with Crippen LogP contribution in [0.3, 0.4) is 0 Å². The first-order valence-corrected chi connectivity index (χ1v) is 9.69. The van der Waals surface area contributed by atoms with Crippen molar-refractivity contribution in [3.63, 3.8) is 0 Å². The third kappa shape index (κ3) is 3.88. The molecule has 9 heteroatoms. The molecule has 0 spiro atoms. The number of halogens is 1. The summed E-state index contributed by atoms with van der Waals surface area (Å²) in [7, 11) is 0. The van der Waals surface area contributed by atoms with E-state index in [9.17, 15) is 4.79 Å². The number of benzene rings is 1. The van der Waals surface area contributed by atoms with Gasteiger partial charge in [0.1, 0.15) is 5.82 Å². The number of hydrogen-bond acceptors (Lipinski definition) is 5. The zero-order chi connectivity index (χ0) is 20.6. The number of nitrogens with zero attached hydrogens (tertiary/aromatic N) is 5. The minimum Gasteiger partial charge on any atom is -0.346 e. The van der Waals surface area contributed by atoms with E-state index in [1.165, 1.54) is 0 Å². The average molecular weight is 412 g/mol. The lowest BCUT2D eigenvalue weighted by Crippen LogP contribution is -2.42. The third-order valence-electron chi connectivity index (χ3n) is 4.87. The first-order valence-electron chi connectivity index (χ1n) is 9.31. The van der Waals surface area contributed by atoms with Crippen molar-refractivity contribution in [2.45, 2.75) is 32.4 Å². The smallest absolute Gasteiger partial charge is 0.323 e. The Balaban J connectivity index is 1.51. The van der Waals surface area contributed by atoms with Gasteiger partial charge in [-0.3, -0.25) is 4.90 Å². The first-order chi connectivity index (χ1) is 13.8. The van der Waals surface area contributed by atoms with Gasteiger partial charge in [0.25, 0.3) is 0 Å². The van der Waals surface area contributed by atoms with Crippen LogP contribution in [0.2, 0.25) is 5.02 Å². The van der Waals surface area contributed by atoms with Crippen LogP contribution in [0.1, 0.15) is 32.5 Å². The highest BCUT2D eigenvalue weighted by atomic mass is 35.5. The molecule has 29 heavy (non-hydrogen) atoms. The van der Waals surface area contributed by atoms with Crippen molar-refractivity contribution < 1.29 is 4.79 Å². The predicted molar refractivity (Wildman–Crippen MR) is 113 cm³/mol. The minimum atomic E-state index is -0.355. The SMILES string of the molecule is C[C@H](Nc1nccc(N2C(=O)NCC2(C)C)n1)c1cn(-c2ccc(Cl)cc2)cn1. The fourth-order valence-corrected chi connectivity index (χ4v) is 3.39. The molecule has 0 aliphatic carbocycles. The largest absolute Gasteiger partial charge is 0.346 e. The molecular weight excluding hydrogens is 390 g/mol. The lowest BCUT2D eigenvalue weighted by atomic mass is 10.1. The van der Waals surface area contributed by atoms with E-state index in [2.05, 4.69) is 25.6 Å². The second-order valence-corrected chi connectivity index (χ2v) is 8.03. The molecule has 1 aliphatic heterocycles.